The van der Waals surface area contributed by atoms with Crippen molar-refractivity contribution in [2.45, 2.75) is 38.1 Å². The van der Waals surface area contributed by atoms with Crippen LogP contribution in [0.4, 0.5) is 0 Å². The van der Waals surface area contributed by atoms with Crippen LogP contribution in [0.1, 0.15) is 43.7 Å². The zero-order valence-corrected chi connectivity index (χ0v) is 12.9. The Morgan fingerprint density at radius 1 is 1.30 bits per heavy atom. The van der Waals surface area contributed by atoms with E-state index in [0.29, 0.717) is 16.5 Å². The summed E-state index contributed by atoms with van der Waals surface area (Å²) in [6.45, 7) is 0. The predicted octanol–water partition coefficient (Wildman–Crippen LogP) is 3.44. The summed E-state index contributed by atoms with van der Waals surface area (Å²) in [5.74, 6) is 7.67. The van der Waals surface area contributed by atoms with E-state index >= 15 is 0 Å². The van der Waals surface area contributed by atoms with Crippen molar-refractivity contribution in [1.82, 2.24) is 5.43 Å². The molecule has 0 heterocycles. The fourth-order valence-electron chi connectivity index (χ4n) is 3.02. The number of ether oxygens (including phenoxy) is 2. The number of halogens is 1. The second-order valence-corrected chi connectivity index (χ2v) is 5.75. The van der Waals surface area contributed by atoms with Crippen LogP contribution in [0.25, 0.3) is 0 Å². The van der Waals surface area contributed by atoms with Gasteiger partial charge in [-0.05, 0) is 30.0 Å². The number of hydrazine groups is 1. The number of benzene rings is 1. The van der Waals surface area contributed by atoms with Gasteiger partial charge in [-0.1, -0.05) is 37.3 Å². The molecule has 1 aromatic carbocycles. The van der Waals surface area contributed by atoms with Gasteiger partial charge in [0.2, 0.25) is 0 Å². The van der Waals surface area contributed by atoms with Crippen LogP contribution in [-0.2, 0) is 0 Å². The lowest BCUT2D eigenvalue weighted by Gasteiger charge is -2.22. The Balaban J connectivity index is 2.22. The van der Waals surface area contributed by atoms with E-state index in [2.05, 4.69) is 5.43 Å². The van der Waals surface area contributed by atoms with Crippen LogP contribution in [0.15, 0.2) is 12.1 Å². The number of rotatable bonds is 6. The Morgan fingerprint density at radius 3 is 2.55 bits per heavy atom. The van der Waals surface area contributed by atoms with E-state index in [1.54, 1.807) is 14.2 Å². The second-order valence-electron chi connectivity index (χ2n) is 5.34. The molecule has 5 heteroatoms. The molecule has 2 rings (SSSR count). The van der Waals surface area contributed by atoms with Gasteiger partial charge < -0.3 is 9.47 Å². The monoisotopic (exact) mass is 298 g/mol. The fourth-order valence-corrected chi connectivity index (χ4v) is 3.32. The van der Waals surface area contributed by atoms with Crippen molar-refractivity contribution >= 4 is 11.6 Å². The van der Waals surface area contributed by atoms with Gasteiger partial charge in [-0.15, -0.1) is 0 Å². The van der Waals surface area contributed by atoms with Crippen molar-refractivity contribution in [2.75, 3.05) is 14.2 Å². The molecule has 1 fully saturated rings. The molecule has 0 spiro atoms. The third kappa shape index (κ3) is 3.37. The third-order valence-electron chi connectivity index (χ3n) is 4.10. The predicted molar refractivity (Wildman–Crippen MR) is 81.2 cm³/mol. The van der Waals surface area contributed by atoms with Gasteiger partial charge in [-0.25, -0.2) is 0 Å². The molecule has 3 N–H and O–H groups in total. The quantitative estimate of drug-likeness (QED) is 0.624. The number of nitrogens with two attached hydrogens (primary N) is 1. The summed E-state index contributed by atoms with van der Waals surface area (Å²) >= 11 is 6.26. The first kappa shape index (κ1) is 15.4. The molecule has 0 radical (unpaired) electrons. The molecule has 1 unspecified atom stereocenters. The number of hydrogen-bond acceptors (Lipinski definition) is 4. The van der Waals surface area contributed by atoms with E-state index in [1.165, 1.54) is 25.7 Å². The van der Waals surface area contributed by atoms with Gasteiger partial charge in [0.25, 0.3) is 0 Å². The molecule has 1 saturated carbocycles. The maximum absolute atomic E-state index is 6.26. The van der Waals surface area contributed by atoms with Crippen LogP contribution in [0, 0.1) is 5.92 Å². The summed E-state index contributed by atoms with van der Waals surface area (Å²) in [4.78, 5) is 0. The summed E-state index contributed by atoms with van der Waals surface area (Å²) in [6, 6.07) is 3.95. The molecule has 0 bridgehead atoms. The van der Waals surface area contributed by atoms with Gasteiger partial charge in [0.1, 0.15) is 0 Å². The molecule has 0 saturated heterocycles. The van der Waals surface area contributed by atoms with Gasteiger partial charge in [0, 0.05) is 6.04 Å². The highest BCUT2D eigenvalue weighted by atomic mass is 35.5. The summed E-state index contributed by atoms with van der Waals surface area (Å²) in [7, 11) is 3.19. The standard InChI is InChI=1S/C15H23ClN2O2/c1-19-14-9-11(8-12(16)15(14)20-2)13(18-17)7-10-5-3-4-6-10/h8-10,13,18H,3-7,17H2,1-2H3. The summed E-state index contributed by atoms with van der Waals surface area (Å²) in [6.07, 6.45) is 6.27. The first-order chi connectivity index (χ1) is 9.69. The lowest BCUT2D eigenvalue weighted by atomic mass is 9.94. The molecular formula is C15H23ClN2O2. The normalized spacial score (nSPS) is 17.2. The van der Waals surface area contributed by atoms with Crippen molar-refractivity contribution in [3.8, 4) is 11.5 Å². The highest BCUT2D eigenvalue weighted by Crippen LogP contribution is 2.39. The largest absolute Gasteiger partial charge is 0.493 e. The number of nitrogens with one attached hydrogen (secondary N) is 1. The van der Waals surface area contributed by atoms with Gasteiger partial charge in [-0.2, -0.15) is 0 Å². The molecule has 1 aromatic rings. The number of methoxy groups -OCH3 is 2. The first-order valence-corrected chi connectivity index (χ1v) is 7.45. The van der Waals surface area contributed by atoms with Gasteiger partial charge in [0.05, 0.1) is 19.2 Å². The Kier molecular flexibility index (Phi) is 5.52. The topological polar surface area (TPSA) is 56.5 Å². The minimum atomic E-state index is 0.0930. The summed E-state index contributed by atoms with van der Waals surface area (Å²) in [5.41, 5.74) is 3.95. The average Bonchev–Trinajstić information content (AvgIpc) is 2.96. The van der Waals surface area contributed by atoms with E-state index < -0.39 is 0 Å². The highest BCUT2D eigenvalue weighted by molar-refractivity contribution is 6.32. The van der Waals surface area contributed by atoms with Crippen LogP contribution in [0.2, 0.25) is 5.02 Å². The summed E-state index contributed by atoms with van der Waals surface area (Å²) in [5, 5.41) is 0.550. The van der Waals surface area contributed by atoms with Gasteiger partial charge in [-0.3, -0.25) is 11.3 Å². The van der Waals surface area contributed by atoms with Crippen LogP contribution >= 0.6 is 11.6 Å². The Bertz CT molecular complexity index is 448. The lowest BCUT2D eigenvalue weighted by Crippen LogP contribution is -2.29. The third-order valence-corrected chi connectivity index (χ3v) is 4.38. The molecule has 1 atom stereocenters. The second kappa shape index (κ2) is 7.16. The van der Waals surface area contributed by atoms with E-state index in [4.69, 9.17) is 26.9 Å². The van der Waals surface area contributed by atoms with Gasteiger partial charge in [0.15, 0.2) is 11.5 Å². The molecule has 0 aromatic heterocycles. The van der Waals surface area contributed by atoms with Crippen LogP contribution < -0.4 is 20.7 Å². The molecular weight excluding hydrogens is 276 g/mol. The molecule has 0 amide bonds. The number of hydrogen-bond donors (Lipinski definition) is 2. The van der Waals surface area contributed by atoms with Crippen molar-refractivity contribution in [3.05, 3.63) is 22.7 Å². The van der Waals surface area contributed by atoms with Crippen LogP contribution in [-0.4, -0.2) is 14.2 Å². The Hall–Kier alpha value is -0.970. The molecule has 20 heavy (non-hydrogen) atoms. The highest BCUT2D eigenvalue weighted by Gasteiger charge is 2.22. The van der Waals surface area contributed by atoms with E-state index in [0.717, 1.165) is 17.9 Å². The maximum Gasteiger partial charge on any atom is 0.179 e. The first-order valence-electron chi connectivity index (χ1n) is 7.07. The van der Waals surface area contributed by atoms with Crippen molar-refractivity contribution in [2.24, 2.45) is 11.8 Å². The van der Waals surface area contributed by atoms with E-state index in [1.807, 2.05) is 12.1 Å². The van der Waals surface area contributed by atoms with E-state index in [9.17, 15) is 0 Å². The smallest absolute Gasteiger partial charge is 0.179 e. The molecule has 112 valence electrons. The molecule has 4 nitrogen and oxygen atoms in total. The molecule has 1 aliphatic rings. The van der Waals surface area contributed by atoms with Crippen molar-refractivity contribution < 1.29 is 9.47 Å². The Morgan fingerprint density at radius 2 is 2.00 bits per heavy atom. The lowest BCUT2D eigenvalue weighted by molar-refractivity contribution is 0.352. The maximum atomic E-state index is 6.26. The molecule has 0 aliphatic heterocycles. The Labute approximate surface area is 125 Å². The van der Waals surface area contributed by atoms with E-state index in [-0.39, 0.29) is 6.04 Å². The minimum absolute atomic E-state index is 0.0930. The van der Waals surface area contributed by atoms with Crippen LogP contribution in [0.3, 0.4) is 0 Å². The minimum Gasteiger partial charge on any atom is -0.493 e. The van der Waals surface area contributed by atoms with Crippen LogP contribution in [0.5, 0.6) is 11.5 Å². The zero-order valence-electron chi connectivity index (χ0n) is 12.1. The van der Waals surface area contributed by atoms with Gasteiger partial charge >= 0.3 is 0 Å². The SMILES string of the molecule is COc1cc(C(CC2CCCC2)NN)cc(Cl)c1OC. The van der Waals surface area contributed by atoms with Crippen molar-refractivity contribution in [3.63, 3.8) is 0 Å². The van der Waals surface area contributed by atoms with Crippen molar-refractivity contribution in [1.29, 1.82) is 0 Å². The fraction of sp³-hybridized carbons (Fsp3) is 0.600. The average molecular weight is 299 g/mol. The summed E-state index contributed by atoms with van der Waals surface area (Å²) < 4.78 is 10.6. The molecule has 1 aliphatic carbocycles. The zero-order chi connectivity index (χ0) is 14.5.